The maximum atomic E-state index is 12.5. The molecule has 1 aromatic heterocycles. The van der Waals surface area contributed by atoms with E-state index in [1.54, 1.807) is 17.5 Å². The maximum absolute atomic E-state index is 12.5. The highest BCUT2D eigenvalue weighted by Crippen LogP contribution is 2.28. The third-order valence-electron chi connectivity index (χ3n) is 3.28. The smallest absolute Gasteiger partial charge is 0.253 e. The van der Waals surface area contributed by atoms with E-state index in [2.05, 4.69) is 5.32 Å². The van der Waals surface area contributed by atoms with Crippen LogP contribution in [-0.4, -0.2) is 43.3 Å². The first kappa shape index (κ1) is 16.4. The fraction of sp³-hybridized carbons (Fsp3) is 0.615. The van der Waals surface area contributed by atoms with Crippen LogP contribution in [0.2, 0.25) is 0 Å². The van der Waals surface area contributed by atoms with Crippen LogP contribution in [0.25, 0.3) is 0 Å². The van der Waals surface area contributed by atoms with Crippen LogP contribution in [0.5, 0.6) is 0 Å². The predicted octanol–water partition coefficient (Wildman–Crippen LogP) is 0.755. The van der Waals surface area contributed by atoms with E-state index >= 15 is 0 Å². The van der Waals surface area contributed by atoms with Crippen LogP contribution in [0.3, 0.4) is 0 Å². The first-order valence-corrected chi connectivity index (χ1v) is 9.16. The molecule has 3 N–H and O–H groups in total. The lowest BCUT2D eigenvalue weighted by atomic mass is 10.1. The van der Waals surface area contributed by atoms with Gasteiger partial charge in [0.25, 0.3) is 10.0 Å². The summed E-state index contributed by atoms with van der Waals surface area (Å²) in [5, 5.41) is 4.46. The van der Waals surface area contributed by atoms with Gasteiger partial charge in [0.15, 0.2) is 0 Å². The Labute approximate surface area is 129 Å². The van der Waals surface area contributed by atoms with Gasteiger partial charge in [0.05, 0.1) is 0 Å². The largest absolute Gasteiger partial charge is 0.353 e. The number of amides is 1. The lowest BCUT2D eigenvalue weighted by Crippen LogP contribution is -2.51. The van der Waals surface area contributed by atoms with Gasteiger partial charge in [0.2, 0.25) is 5.91 Å². The van der Waals surface area contributed by atoms with Crippen molar-refractivity contribution in [3.63, 3.8) is 0 Å². The Balaban J connectivity index is 2.12. The van der Waals surface area contributed by atoms with Gasteiger partial charge >= 0.3 is 0 Å². The molecule has 1 unspecified atom stereocenters. The third kappa shape index (κ3) is 3.82. The lowest BCUT2D eigenvalue weighted by molar-refractivity contribution is -0.124. The first-order valence-electron chi connectivity index (χ1n) is 6.84. The zero-order chi connectivity index (χ0) is 15.7. The van der Waals surface area contributed by atoms with E-state index < -0.39 is 21.6 Å². The van der Waals surface area contributed by atoms with Gasteiger partial charge < -0.3 is 11.1 Å². The molecule has 8 heteroatoms. The van der Waals surface area contributed by atoms with Gasteiger partial charge in [-0.1, -0.05) is 6.07 Å². The molecule has 1 atom stereocenters. The summed E-state index contributed by atoms with van der Waals surface area (Å²) in [7, 11) is -3.58. The fourth-order valence-electron chi connectivity index (χ4n) is 2.25. The number of hydrogen-bond donors (Lipinski definition) is 2. The highest BCUT2D eigenvalue weighted by Gasteiger charge is 2.39. The minimum atomic E-state index is -3.58. The number of sulfonamides is 1. The average molecular weight is 331 g/mol. The predicted molar refractivity (Wildman–Crippen MR) is 82.5 cm³/mol. The highest BCUT2D eigenvalue weighted by atomic mass is 32.2. The zero-order valence-electron chi connectivity index (χ0n) is 12.2. The van der Waals surface area contributed by atoms with Gasteiger partial charge in [-0.2, -0.15) is 4.31 Å². The van der Waals surface area contributed by atoms with Crippen LogP contribution < -0.4 is 11.1 Å². The topological polar surface area (TPSA) is 92.5 Å². The van der Waals surface area contributed by atoms with E-state index in [1.165, 1.54) is 15.6 Å². The van der Waals surface area contributed by atoms with Crippen LogP contribution in [0.4, 0.5) is 0 Å². The minimum Gasteiger partial charge on any atom is -0.353 e. The second-order valence-electron chi connectivity index (χ2n) is 5.91. The number of rotatable bonds is 5. The van der Waals surface area contributed by atoms with E-state index in [0.717, 1.165) is 0 Å². The molecule has 1 aliphatic rings. The van der Waals surface area contributed by atoms with E-state index in [-0.39, 0.29) is 10.1 Å². The van der Waals surface area contributed by atoms with Crippen LogP contribution in [0.15, 0.2) is 21.7 Å². The first-order chi connectivity index (χ1) is 9.72. The van der Waals surface area contributed by atoms with Crippen molar-refractivity contribution in [1.29, 1.82) is 0 Å². The molecule has 0 bridgehead atoms. The Hall–Kier alpha value is -0.960. The Morgan fingerprint density at radius 2 is 2.29 bits per heavy atom. The normalized spacial score (nSPS) is 20.6. The van der Waals surface area contributed by atoms with E-state index in [0.29, 0.717) is 25.9 Å². The number of thiophene rings is 1. The molecule has 118 valence electrons. The molecule has 21 heavy (non-hydrogen) atoms. The Morgan fingerprint density at radius 1 is 1.57 bits per heavy atom. The summed E-state index contributed by atoms with van der Waals surface area (Å²) < 4.78 is 26.7. The second-order valence-corrected chi connectivity index (χ2v) is 8.98. The summed E-state index contributed by atoms with van der Waals surface area (Å²) in [5.41, 5.74) is 5.31. The standard InChI is InChI=1S/C13H21N3O3S2/c1-13(2,14)9-15-12(17)10-5-3-7-16(10)21(18,19)11-6-4-8-20-11/h4,6,8,10H,3,5,7,9,14H2,1-2H3,(H,15,17). The summed E-state index contributed by atoms with van der Waals surface area (Å²) in [6, 6.07) is 2.62. The molecule has 0 radical (unpaired) electrons. The summed E-state index contributed by atoms with van der Waals surface area (Å²) in [6.45, 7) is 4.31. The molecule has 6 nitrogen and oxygen atoms in total. The van der Waals surface area contributed by atoms with Crippen molar-refractivity contribution in [2.75, 3.05) is 13.1 Å². The Morgan fingerprint density at radius 3 is 2.86 bits per heavy atom. The average Bonchev–Trinajstić information content (AvgIpc) is 3.05. The van der Waals surface area contributed by atoms with Gasteiger partial charge in [0, 0.05) is 18.6 Å². The Bertz CT molecular complexity index is 591. The van der Waals surface area contributed by atoms with Crippen molar-refractivity contribution in [2.24, 2.45) is 5.73 Å². The van der Waals surface area contributed by atoms with Crippen molar-refractivity contribution in [2.45, 2.75) is 42.5 Å². The van der Waals surface area contributed by atoms with Crippen molar-refractivity contribution >= 4 is 27.3 Å². The molecule has 0 saturated carbocycles. The number of nitrogens with two attached hydrogens (primary N) is 1. The Kier molecular flexibility index (Phi) is 4.72. The van der Waals surface area contributed by atoms with Crippen molar-refractivity contribution in [3.05, 3.63) is 17.5 Å². The summed E-state index contributed by atoms with van der Waals surface area (Å²) >= 11 is 1.17. The molecule has 0 aromatic carbocycles. The molecule has 1 aliphatic heterocycles. The molecule has 2 heterocycles. The molecule has 1 saturated heterocycles. The lowest BCUT2D eigenvalue weighted by Gasteiger charge is -2.25. The van der Waals surface area contributed by atoms with E-state index in [9.17, 15) is 13.2 Å². The zero-order valence-corrected chi connectivity index (χ0v) is 13.8. The second kappa shape index (κ2) is 6.04. The number of carbonyl (C=O) groups is 1. The van der Waals surface area contributed by atoms with Gasteiger partial charge in [0.1, 0.15) is 10.3 Å². The summed E-state index contributed by atoms with van der Waals surface area (Å²) in [4.78, 5) is 12.2. The molecule has 1 aromatic rings. The maximum Gasteiger partial charge on any atom is 0.253 e. The summed E-state index contributed by atoms with van der Waals surface area (Å²) in [5.74, 6) is -0.272. The number of hydrogen-bond acceptors (Lipinski definition) is 5. The van der Waals surface area contributed by atoms with Gasteiger partial charge in [-0.25, -0.2) is 8.42 Å². The molecule has 2 rings (SSSR count). The van der Waals surface area contributed by atoms with Crippen molar-refractivity contribution in [3.8, 4) is 0 Å². The molecule has 0 aliphatic carbocycles. The monoisotopic (exact) mass is 331 g/mol. The quantitative estimate of drug-likeness (QED) is 0.833. The summed E-state index contributed by atoms with van der Waals surface area (Å²) in [6.07, 6.45) is 1.23. The van der Waals surface area contributed by atoms with Crippen LogP contribution in [0, 0.1) is 0 Å². The molecule has 1 fully saturated rings. The van der Waals surface area contributed by atoms with Crippen LogP contribution in [-0.2, 0) is 14.8 Å². The minimum absolute atomic E-state index is 0.272. The fourth-order valence-corrected chi connectivity index (χ4v) is 5.02. The number of nitrogens with one attached hydrogen (secondary N) is 1. The molecular formula is C13H21N3O3S2. The van der Waals surface area contributed by atoms with Crippen LogP contribution >= 0.6 is 11.3 Å². The van der Waals surface area contributed by atoms with Crippen molar-refractivity contribution < 1.29 is 13.2 Å². The third-order valence-corrected chi connectivity index (χ3v) is 6.56. The van der Waals surface area contributed by atoms with E-state index in [4.69, 9.17) is 5.73 Å². The van der Waals surface area contributed by atoms with Crippen molar-refractivity contribution in [1.82, 2.24) is 9.62 Å². The molecular weight excluding hydrogens is 310 g/mol. The van der Waals surface area contributed by atoms with Crippen LogP contribution in [0.1, 0.15) is 26.7 Å². The van der Waals surface area contributed by atoms with Gasteiger partial charge in [-0.3, -0.25) is 4.79 Å². The number of carbonyl (C=O) groups excluding carboxylic acids is 1. The van der Waals surface area contributed by atoms with Gasteiger partial charge in [-0.05, 0) is 38.1 Å². The highest BCUT2D eigenvalue weighted by molar-refractivity contribution is 7.91. The SMILES string of the molecule is CC(C)(N)CNC(=O)C1CCCN1S(=O)(=O)c1cccs1. The molecule has 1 amide bonds. The molecule has 0 spiro atoms. The number of nitrogens with zero attached hydrogens (tertiary/aromatic N) is 1. The van der Waals surface area contributed by atoms with E-state index in [1.807, 2.05) is 13.8 Å². The van der Waals surface area contributed by atoms with Gasteiger partial charge in [-0.15, -0.1) is 11.3 Å².